The van der Waals surface area contributed by atoms with Crippen molar-refractivity contribution < 1.29 is 0 Å². The molecule has 0 spiro atoms. The molecule has 1 aromatic heterocycles. The van der Waals surface area contributed by atoms with Gasteiger partial charge in [-0.15, -0.1) is 5.10 Å². The minimum absolute atomic E-state index is 0.214. The molecule has 2 heterocycles. The monoisotopic (exact) mass is 223 g/mol. The van der Waals surface area contributed by atoms with E-state index in [1.807, 2.05) is 0 Å². The van der Waals surface area contributed by atoms with Crippen molar-refractivity contribution in [1.82, 2.24) is 15.2 Å². The van der Waals surface area contributed by atoms with Crippen molar-refractivity contribution in [2.75, 3.05) is 24.5 Å². The average molecular weight is 223 g/mol. The zero-order valence-electron chi connectivity index (χ0n) is 10.2. The number of nitrogens with zero attached hydrogens (tertiary/aromatic N) is 3. The summed E-state index contributed by atoms with van der Waals surface area (Å²) in [6.07, 6.45) is 3.27. The van der Waals surface area contributed by atoms with Crippen molar-refractivity contribution in [2.45, 2.75) is 33.1 Å². The first kappa shape index (κ1) is 11.4. The van der Waals surface area contributed by atoms with E-state index in [9.17, 15) is 0 Å². The van der Waals surface area contributed by atoms with Gasteiger partial charge in [0.15, 0.2) is 0 Å². The smallest absolute Gasteiger partial charge is 0.244 e. The van der Waals surface area contributed by atoms with Crippen LogP contribution in [0.3, 0.4) is 0 Å². The number of rotatable bonds is 3. The Morgan fingerprint density at radius 1 is 1.56 bits per heavy atom. The van der Waals surface area contributed by atoms with Gasteiger partial charge >= 0.3 is 0 Å². The van der Waals surface area contributed by atoms with Crippen LogP contribution in [0, 0.1) is 5.41 Å². The van der Waals surface area contributed by atoms with E-state index < -0.39 is 0 Å². The maximum Gasteiger partial charge on any atom is 0.244 e. The van der Waals surface area contributed by atoms with E-state index in [2.05, 4.69) is 33.9 Å². The maximum atomic E-state index is 5.83. The van der Waals surface area contributed by atoms with Crippen LogP contribution in [0.2, 0.25) is 0 Å². The van der Waals surface area contributed by atoms with Crippen LogP contribution < -0.4 is 10.6 Å². The Morgan fingerprint density at radius 3 is 3.00 bits per heavy atom. The van der Waals surface area contributed by atoms with Gasteiger partial charge in [-0.1, -0.05) is 13.8 Å². The van der Waals surface area contributed by atoms with Gasteiger partial charge in [-0.3, -0.25) is 5.10 Å². The molecule has 2 rings (SSSR count). The van der Waals surface area contributed by atoms with Crippen LogP contribution in [0.4, 0.5) is 5.95 Å². The molecule has 1 fully saturated rings. The lowest BCUT2D eigenvalue weighted by Gasteiger charge is -2.39. The first-order chi connectivity index (χ1) is 7.67. The van der Waals surface area contributed by atoms with Gasteiger partial charge in [-0.25, -0.2) is 0 Å². The van der Waals surface area contributed by atoms with E-state index in [1.165, 1.54) is 12.8 Å². The molecule has 90 valence electrons. The molecular formula is C11H21N5. The fraction of sp³-hybridized carbons (Fsp3) is 0.818. The second-order valence-corrected chi connectivity index (χ2v) is 4.98. The van der Waals surface area contributed by atoms with Gasteiger partial charge in [0.2, 0.25) is 5.95 Å². The molecule has 0 radical (unpaired) electrons. The lowest BCUT2D eigenvalue weighted by atomic mass is 9.82. The van der Waals surface area contributed by atoms with Gasteiger partial charge in [0, 0.05) is 19.5 Å². The molecule has 5 nitrogen and oxygen atoms in total. The summed E-state index contributed by atoms with van der Waals surface area (Å²) in [6.45, 7) is 7.05. The molecule has 1 saturated heterocycles. The predicted octanol–water partition coefficient (Wildman–Crippen LogP) is 0.932. The zero-order chi connectivity index (χ0) is 11.6. The van der Waals surface area contributed by atoms with Crippen molar-refractivity contribution in [3.05, 3.63) is 5.82 Å². The predicted molar refractivity (Wildman–Crippen MR) is 64.4 cm³/mol. The summed E-state index contributed by atoms with van der Waals surface area (Å²) in [5.74, 6) is 1.78. The van der Waals surface area contributed by atoms with Crippen molar-refractivity contribution >= 4 is 5.95 Å². The molecule has 1 aliphatic rings. The number of nitrogens with one attached hydrogen (secondary N) is 1. The number of aromatic nitrogens is 3. The minimum atomic E-state index is 0.214. The number of anilines is 1. The highest BCUT2D eigenvalue weighted by Crippen LogP contribution is 2.29. The number of piperidine rings is 1. The molecule has 16 heavy (non-hydrogen) atoms. The summed E-state index contributed by atoms with van der Waals surface area (Å²) < 4.78 is 0. The van der Waals surface area contributed by atoms with Gasteiger partial charge in [-0.05, 0) is 24.8 Å². The molecule has 1 unspecified atom stereocenters. The number of aryl methyl sites for hydroxylation is 1. The van der Waals surface area contributed by atoms with Crippen LogP contribution in [0.15, 0.2) is 0 Å². The van der Waals surface area contributed by atoms with E-state index in [4.69, 9.17) is 5.73 Å². The maximum absolute atomic E-state index is 5.83. The lowest BCUT2D eigenvalue weighted by Crippen LogP contribution is -2.46. The number of nitrogens with two attached hydrogens (primary N) is 1. The Labute approximate surface area is 96.4 Å². The summed E-state index contributed by atoms with van der Waals surface area (Å²) in [6, 6.07) is 0. The number of hydrogen-bond acceptors (Lipinski definition) is 4. The third-order valence-electron chi connectivity index (χ3n) is 3.41. The molecule has 1 aromatic rings. The molecule has 0 bridgehead atoms. The highest BCUT2D eigenvalue weighted by Gasteiger charge is 2.31. The highest BCUT2D eigenvalue weighted by atomic mass is 15.4. The van der Waals surface area contributed by atoms with Crippen LogP contribution in [-0.4, -0.2) is 34.8 Å². The third kappa shape index (κ3) is 2.19. The Kier molecular flexibility index (Phi) is 3.14. The molecule has 1 atom stereocenters. The van der Waals surface area contributed by atoms with Crippen molar-refractivity contribution in [3.8, 4) is 0 Å². The SMILES string of the molecule is CCc1nc(N2CCCC(C)(CN)C2)n[nH]1. The molecule has 0 aliphatic carbocycles. The van der Waals surface area contributed by atoms with Crippen LogP contribution in [0.1, 0.15) is 32.5 Å². The van der Waals surface area contributed by atoms with Gasteiger partial charge in [-0.2, -0.15) is 4.98 Å². The molecule has 0 amide bonds. The molecule has 3 N–H and O–H groups in total. The van der Waals surface area contributed by atoms with Crippen LogP contribution in [-0.2, 0) is 6.42 Å². The molecule has 0 saturated carbocycles. The first-order valence-electron chi connectivity index (χ1n) is 6.03. The lowest BCUT2D eigenvalue weighted by molar-refractivity contribution is 0.270. The first-order valence-corrected chi connectivity index (χ1v) is 6.03. The third-order valence-corrected chi connectivity index (χ3v) is 3.41. The Bertz CT molecular complexity index is 348. The molecular weight excluding hydrogens is 202 g/mol. The second kappa shape index (κ2) is 4.41. The Balaban J connectivity index is 2.09. The van der Waals surface area contributed by atoms with Crippen molar-refractivity contribution in [1.29, 1.82) is 0 Å². The second-order valence-electron chi connectivity index (χ2n) is 4.98. The van der Waals surface area contributed by atoms with Crippen molar-refractivity contribution in [2.24, 2.45) is 11.1 Å². The number of aromatic amines is 1. The molecule has 0 aromatic carbocycles. The summed E-state index contributed by atoms with van der Waals surface area (Å²) >= 11 is 0. The quantitative estimate of drug-likeness (QED) is 0.799. The van der Waals surface area contributed by atoms with E-state index in [1.54, 1.807) is 0 Å². The topological polar surface area (TPSA) is 70.8 Å². The standard InChI is InChI=1S/C11H21N5/c1-3-9-13-10(15-14-9)16-6-4-5-11(2,7-12)8-16/h3-8,12H2,1-2H3,(H,13,14,15). The fourth-order valence-electron chi connectivity index (χ4n) is 2.24. The average Bonchev–Trinajstić information content (AvgIpc) is 2.78. The number of hydrogen-bond donors (Lipinski definition) is 2. The Hall–Kier alpha value is -1.10. The minimum Gasteiger partial charge on any atom is -0.339 e. The van der Waals surface area contributed by atoms with Gasteiger partial charge in [0.1, 0.15) is 5.82 Å². The van der Waals surface area contributed by atoms with Gasteiger partial charge in [0.25, 0.3) is 0 Å². The van der Waals surface area contributed by atoms with Crippen LogP contribution in [0.25, 0.3) is 0 Å². The van der Waals surface area contributed by atoms with E-state index in [0.29, 0.717) is 0 Å². The molecule has 1 aliphatic heterocycles. The van der Waals surface area contributed by atoms with Crippen LogP contribution in [0.5, 0.6) is 0 Å². The summed E-state index contributed by atoms with van der Waals surface area (Å²) in [5, 5.41) is 7.22. The van der Waals surface area contributed by atoms with Crippen molar-refractivity contribution in [3.63, 3.8) is 0 Å². The van der Waals surface area contributed by atoms with Gasteiger partial charge in [0.05, 0.1) is 0 Å². The fourth-order valence-corrected chi connectivity index (χ4v) is 2.24. The summed E-state index contributed by atoms with van der Waals surface area (Å²) in [4.78, 5) is 6.71. The largest absolute Gasteiger partial charge is 0.339 e. The summed E-state index contributed by atoms with van der Waals surface area (Å²) in [7, 11) is 0. The summed E-state index contributed by atoms with van der Waals surface area (Å²) in [5.41, 5.74) is 6.05. The number of H-pyrrole nitrogens is 1. The molecule has 5 heteroatoms. The Morgan fingerprint density at radius 2 is 2.38 bits per heavy atom. The zero-order valence-corrected chi connectivity index (χ0v) is 10.2. The van der Waals surface area contributed by atoms with Gasteiger partial charge < -0.3 is 10.6 Å². The van der Waals surface area contributed by atoms with Crippen LogP contribution >= 0.6 is 0 Å². The highest BCUT2D eigenvalue weighted by molar-refractivity contribution is 5.30. The normalized spacial score (nSPS) is 26.1. The van der Waals surface area contributed by atoms with E-state index in [0.717, 1.165) is 37.8 Å². The van der Waals surface area contributed by atoms with E-state index in [-0.39, 0.29) is 5.41 Å². The van der Waals surface area contributed by atoms with E-state index >= 15 is 0 Å².